The van der Waals surface area contributed by atoms with Gasteiger partial charge in [0.15, 0.2) is 3.95 Å². The van der Waals surface area contributed by atoms with Crippen LogP contribution in [0.2, 0.25) is 0 Å². The van der Waals surface area contributed by atoms with Crippen LogP contribution in [0.5, 0.6) is 11.5 Å². The molecule has 1 aromatic heterocycles. The van der Waals surface area contributed by atoms with Crippen molar-refractivity contribution in [3.8, 4) is 11.5 Å². The Morgan fingerprint density at radius 1 is 1.04 bits per heavy atom. The molecule has 0 spiro atoms. The Balaban J connectivity index is 1.62. The van der Waals surface area contributed by atoms with Gasteiger partial charge in [-0.25, -0.2) is 4.68 Å². The molecule has 0 saturated carbocycles. The zero-order valence-electron chi connectivity index (χ0n) is 15.5. The summed E-state index contributed by atoms with van der Waals surface area (Å²) in [4.78, 5) is 2.16. The number of hydrogen-bond acceptors (Lipinski definition) is 7. The first-order valence-electron chi connectivity index (χ1n) is 8.38. The summed E-state index contributed by atoms with van der Waals surface area (Å²) in [6.45, 7) is 1.41. The largest absolute Gasteiger partial charge is 0.497 e. The molecule has 0 unspecified atom stereocenters. The van der Waals surface area contributed by atoms with Crippen LogP contribution >= 0.6 is 23.6 Å². The summed E-state index contributed by atoms with van der Waals surface area (Å²) in [6, 6.07) is 15.8. The van der Waals surface area contributed by atoms with E-state index in [1.807, 2.05) is 48.1 Å². The van der Waals surface area contributed by atoms with Crippen LogP contribution in [0.4, 0.5) is 10.8 Å². The Bertz CT molecular complexity index is 920. The summed E-state index contributed by atoms with van der Waals surface area (Å²) < 4.78 is 12.9. The SMILES string of the molecule is COc1ccc(CN(C)Cn2nc(Nc3ccc(OC)cc3)sc2=S)cc1. The van der Waals surface area contributed by atoms with Crippen LogP contribution in [0.15, 0.2) is 48.5 Å². The first-order valence-corrected chi connectivity index (χ1v) is 9.60. The van der Waals surface area contributed by atoms with E-state index in [0.29, 0.717) is 6.67 Å². The van der Waals surface area contributed by atoms with E-state index in [1.165, 1.54) is 16.9 Å². The highest BCUT2D eigenvalue weighted by molar-refractivity contribution is 7.73. The second kappa shape index (κ2) is 8.98. The summed E-state index contributed by atoms with van der Waals surface area (Å²) in [6.07, 6.45) is 0. The number of ether oxygens (including phenoxy) is 2. The van der Waals surface area contributed by atoms with Crippen molar-refractivity contribution in [1.82, 2.24) is 14.7 Å². The molecule has 6 nitrogen and oxygen atoms in total. The van der Waals surface area contributed by atoms with Crippen LogP contribution in [0.25, 0.3) is 0 Å². The molecule has 0 radical (unpaired) electrons. The number of benzene rings is 2. The first kappa shape index (κ1) is 19.3. The third-order valence-corrected chi connectivity index (χ3v) is 5.16. The molecule has 27 heavy (non-hydrogen) atoms. The number of methoxy groups -OCH3 is 2. The molecule has 1 heterocycles. The van der Waals surface area contributed by atoms with Crippen LogP contribution in [0, 0.1) is 3.95 Å². The van der Waals surface area contributed by atoms with Crippen molar-refractivity contribution in [3.63, 3.8) is 0 Å². The van der Waals surface area contributed by atoms with Gasteiger partial charge in [-0.1, -0.05) is 23.5 Å². The van der Waals surface area contributed by atoms with E-state index in [1.54, 1.807) is 14.2 Å². The normalized spacial score (nSPS) is 10.8. The van der Waals surface area contributed by atoms with Crippen molar-refractivity contribution in [1.29, 1.82) is 0 Å². The Kier molecular flexibility index (Phi) is 6.44. The maximum Gasteiger partial charge on any atom is 0.209 e. The number of rotatable bonds is 8. The van der Waals surface area contributed by atoms with Gasteiger partial charge in [-0.3, -0.25) is 4.90 Å². The maximum atomic E-state index is 5.46. The molecule has 0 amide bonds. The number of nitrogens with zero attached hydrogens (tertiary/aromatic N) is 3. The van der Waals surface area contributed by atoms with E-state index in [-0.39, 0.29) is 0 Å². The van der Waals surface area contributed by atoms with Crippen molar-refractivity contribution >= 4 is 34.4 Å². The highest BCUT2D eigenvalue weighted by Gasteiger charge is 2.08. The van der Waals surface area contributed by atoms with E-state index < -0.39 is 0 Å². The van der Waals surface area contributed by atoms with Gasteiger partial charge in [0.2, 0.25) is 5.13 Å². The molecule has 2 aromatic carbocycles. The van der Waals surface area contributed by atoms with Crippen molar-refractivity contribution in [2.24, 2.45) is 0 Å². The quantitative estimate of drug-likeness (QED) is 0.559. The van der Waals surface area contributed by atoms with Crippen molar-refractivity contribution in [2.75, 3.05) is 26.6 Å². The number of hydrogen-bond donors (Lipinski definition) is 1. The monoisotopic (exact) mass is 402 g/mol. The van der Waals surface area contributed by atoms with Gasteiger partial charge in [-0.15, -0.1) is 5.10 Å². The molecule has 3 rings (SSSR count). The molecule has 0 aliphatic carbocycles. The van der Waals surface area contributed by atoms with Crippen molar-refractivity contribution in [3.05, 3.63) is 58.0 Å². The minimum atomic E-state index is 0.617. The molecule has 0 bridgehead atoms. The van der Waals surface area contributed by atoms with Gasteiger partial charge in [-0.05, 0) is 61.2 Å². The second-order valence-corrected chi connectivity index (χ2v) is 7.65. The minimum Gasteiger partial charge on any atom is -0.497 e. The predicted molar refractivity (Wildman–Crippen MR) is 112 cm³/mol. The summed E-state index contributed by atoms with van der Waals surface area (Å²) in [5.41, 5.74) is 2.15. The fourth-order valence-corrected chi connectivity index (χ4v) is 3.58. The van der Waals surface area contributed by atoms with E-state index in [0.717, 1.165) is 32.8 Å². The molecular weight excluding hydrogens is 380 g/mol. The number of nitrogens with one attached hydrogen (secondary N) is 1. The van der Waals surface area contributed by atoms with E-state index in [9.17, 15) is 0 Å². The zero-order chi connectivity index (χ0) is 19.2. The fourth-order valence-electron chi connectivity index (χ4n) is 2.57. The number of anilines is 2. The predicted octanol–water partition coefficient (Wildman–Crippen LogP) is 4.52. The van der Waals surface area contributed by atoms with Crippen LogP contribution in [-0.4, -0.2) is 35.9 Å². The summed E-state index contributed by atoms with van der Waals surface area (Å²) >= 11 is 6.91. The Morgan fingerprint density at radius 2 is 1.63 bits per heavy atom. The lowest BCUT2D eigenvalue weighted by Crippen LogP contribution is -2.22. The highest BCUT2D eigenvalue weighted by Crippen LogP contribution is 2.22. The summed E-state index contributed by atoms with van der Waals surface area (Å²) in [5.74, 6) is 1.68. The summed E-state index contributed by atoms with van der Waals surface area (Å²) in [7, 11) is 5.36. The maximum absolute atomic E-state index is 5.46. The molecule has 8 heteroatoms. The van der Waals surface area contributed by atoms with Gasteiger partial charge < -0.3 is 14.8 Å². The van der Waals surface area contributed by atoms with Gasteiger partial charge in [0.1, 0.15) is 11.5 Å². The van der Waals surface area contributed by atoms with Crippen LogP contribution in [0.1, 0.15) is 5.56 Å². The Hall–Kier alpha value is -2.42. The number of aromatic nitrogens is 2. The summed E-state index contributed by atoms with van der Waals surface area (Å²) in [5, 5.41) is 8.63. The molecule has 0 fully saturated rings. The first-order chi connectivity index (χ1) is 13.1. The highest BCUT2D eigenvalue weighted by atomic mass is 32.1. The molecule has 0 aliphatic heterocycles. The smallest absolute Gasteiger partial charge is 0.209 e. The molecular formula is C19H22N4O2S2. The Morgan fingerprint density at radius 3 is 2.22 bits per heavy atom. The lowest BCUT2D eigenvalue weighted by atomic mass is 10.2. The van der Waals surface area contributed by atoms with Crippen LogP contribution < -0.4 is 14.8 Å². The third-order valence-electron chi connectivity index (χ3n) is 3.93. The van der Waals surface area contributed by atoms with E-state index in [2.05, 4.69) is 27.4 Å². The Labute approximate surface area is 168 Å². The lowest BCUT2D eigenvalue weighted by Gasteiger charge is -2.16. The van der Waals surface area contributed by atoms with Gasteiger partial charge in [-0.2, -0.15) is 0 Å². The topological polar surface area (TPSA) is 51.5 Å². The molecule has 0 aliphatic rings. The molecule has 0 saturated heterocycles. The second-order valence-electron chi connectivity index (χ2n) is 6.03. The third kappa shape index (κ3) is 5.29. The van der Waals surface area contributed by atoms with Crippen molar-refractivity contribution < 1.29 is 9.47 Å². The van der Waals surface area contributed by atoms with E-state index >= 15 is 0 Å². The molecule has 1 N–H and O–H groups in total. The van der Waals surface area contributed by atoms with E-state index in [4.69, 9.17) is 21.7 Å². The zero-order valence-corrected chi connectivity index (χ0v) is 17.1. The fraction of sp³-hybridized carbons (Fsp3) is 0.263. The van der Waals surface area contributed by atoms with Crippen LogP contribution in [0.3, 0.4) is 0 Å². The van der Waals surface area contributed by atoms with Crippen molar-refractivity contribution in [2.45, 2.75) is 13.2 Å². The average molecular weight is 403 g/mol. The molecule has 0 atom stereocenters. The minimum absolute atomic E-state index is 0.617. The molecule has 3 aromatic rings. The van der Waals surface area contributed by atoms with Gasteiger partial charge in [0.25, 0.3) is 0 Å². The van der Waals surface area contributed by atoms with Crippen LogP contribution in [-0.2, 0) is 13.2 Å². The van der Waals surface area contributed by atoms with Gasteiger partial charge >= 0.3 is 0 Å². The molecule has 142 valence electrons. The lowest BCUT2D eigenvalue weighted by molar-refractivity contribution is 0.245. The van der Waals surface area contributed by atoms with Gasteiger partial charge in [0, 0.05) is 12.2 Å². The standard InChI is InChI=1S/C19H22N4O2S2/c1-22(12-14-4-8-16(24-2)9-5-14)13-23-19(26)27-18(21-23)20-15-6-10-17(25-3)11-7-15/h4-11H,12-13H2,1-3H3,(H,20,21). The average Bonchev–Trinajstić information content (AvgIpc) is 3.01. The van der Waals surface area contributed by atoms with Gasteiger partial charge in [0.05, 0.1) is 20.9 Å².